The fraction of sp³-hybridized carbons (Fsp3) is 0.0625. The Labute approximate surface area is 127 Å². The third kappa shape index (κ3) is 1.81. The first-order valence-corrected chi connectivity index (χ1v) is 7.08. The molecule has 2 aliphatic rings. The maximum Gasteiger partial charge on any atom is 0.185 e. The van der Waals surface area contributed by atoms with E-state index < -0.39 is 0 Å². The van der Waals surface area contributed by atoms with Crippen molar-refractivity contribution >= 4 is 23.7 Å². The molecule has 3 heterocycles. The highest BCUT2D eigenvalue weighted by Gasteiger charge is 2.21. The number of hydrogen-bond acceptors (Lipinski definition) is 4. The number of nitrogens with zero attached hydrogens (tertiary/aromatic N) is 4. The van der Waals surface area contributed by atoms with E-state index in [2.05, 4.69) is 44.3 Å². The monoisotopic (exact) mass is 292 g/mol. The quantitative estimate of drug-likeness (QED) is 0.546. The lowest BCUT2D eigenvalue weighted by Crippen LogP contribution is -2.07. The highest BCUT2D eigenvalue weighted by Crippen LogP contribution is 2.33. The molecule has 0 amide bonds. The summed E-state index contributed by atoms with van der Waals surface area (Å²) in [6, 6.07) is 14.1. The van der Waals surface area contributed by atoms with Crippen LogP contribution in [0.3, 0.4) is 0 Å². The van der Waals surface area contributed by atoms with Crippen LogP contribution in [0.15, 0.2) is 53.8 Å². The molecule has 2 aromatic rings. The number of hydrogen-bond donors (Lipinski definition) is 1. The van der Waals surface area contributed by atoms with Crippen molar-refractivity contribution in [2.75, 3.05) is 0 Å². The Hall–Kier alpha value is -2.40. The van der Waals surface area contributed by atoms with E-state index in [9.17, 15) is 0 Å². The molecule has 102 valence electrons. The third-order valence-corrected chi connectivity index (χ3v) is 3.79. The van der Waals surface area contributed by atoms with Crippen LogP contribution in [0.1, 0.15) is 5.69 Å². The summed E-state index contributed by atoms with van der Waals surface area (Å²) in [6.45, 7) is 2.03. The Kier molecular flexibility index (Phi) is 2.68. The largest absolute Gasteiger partial charge is 0.296 e. The topological polar surface area (TPSA) is 43.6 Å². The van der Waals surface area contributed by atoms with E-state index in [-0.39, 0.29) is 0 Å². The van der Waals surface area contributed by atoms with Crippen LogP contribution in [0.4, 0.5) is 0 Å². The lowest BCUT2D eigenvalue weighted by molar-refractivity contribution is 0.992. The average molecular weight is 292 g/mol. The summed E-state index contributed by atoms with van der Waals surface area (Å²) in [5.74, 6) is 0. The van der Waals surface area contributed by atoms with Gasteiger partial charge in [0.1, 0.15) is 17.0 Å². The fourth-order valence-corrected chi connectivity index (χ4v) is 2.89. The molecular formula is C16H12N4S. The van der Waals surface area contributed by atoms with Gasteiger partial charge in [0.15, 0.2) is 5.16 Å². The van der Waals surface area contributed by atoms with E-state index in [1.165, 1.54) is 0 Å². The van der Waals surface area contributed by atoms with E-state index in [0.29, 0.717) is 5.16 Å². The number of thiol groups is 1. The Morgan fingerprint density at radius 3 is 2.52 bits per heavy atom. The number of imidazole rings is 1. The van der Waals surface area contributed by atoms with Crippen LogP contribution < -0.4 is 0 Å². The van der Waals surface area contributed by atoms with Gasteiger partial charge in [0.25, 0.3) is 0 Å². The van der Waals surface area contributed by atoms with E-state index in [1.54, 1.807) is 6.20 Å². The molecule has 2 aliphatic heterocycles. The van der Waals surface area contributed by atoms with E-state index in [4.69, 9.17) is 0 Å². The molecule has 1 aromatic carbocycles. The van der Waals surface area contributed by atoms with Crippen molar-refractivity contribution in [3.05, 3.63) is 54.4 Å². The molecule has 0 spiro atoms. The molecule has 0 unspecified atom stereocenters. The van der Waals surface area contributed by atoms with Crippen LogP contribution in [0.2, 0.25) is 0 Å². The lowest BCUT2D eigenvalue weighted by Gasteiger charge is -2.17. The number of benzene rings is 1. The summed E-state index contributed by atoms with van der Waals surface area (Å²) in [5.41, 5.74) is 4.67. The second kappa shape index (κ2) is 4.56. The molecule has 0 saturated carbocycles. The predicted octanol–water partition coefficient (Wildman–Crippen LogP) is 3.52. The molecule has 0 atom stereocenters. The van der Waals surface area contributed by atoms with Crippen LogP contribution in [-0.4, -0.2) is 19.5 Å². The van der Waals surface area contributed by atoms with Gasteiger partial charge < -0.3 is 0 Å². The minimum absolute atomic E-state index is 0.490. The second-order valence-electron chi connectivity index (χ2n) is 4.85. The van der Waals surface area contributed by atoms with Gasteiger partial charge in [-0.1, -0.05) is 18.2 Å². The van der Waals surface area contributed by atoms with Crippen LogP contribution in [-0.2, 0) is 0 Å². The highest BCUT2D eigenvalue weighted by atomic mass is 32.1. The SMILES string of the molecule is Cc1c2nc(S)nc-2c2cccnc2n1-c1ccccc1. The molecule has 0 aliphatic carbocycles. The normalized spacial score (nSPS) is 11.3. The Morgan fingerprint density at radius 1 is 0.952 bits per heavy atom. The van der Waals surface area contributed by atoms with Crippen molar-refractivity contribution in [2.45, 2.75) is 12.1 Å². The Balaban J connectivity index is 2.23. The average Bonchev–Trinajstić information content (AvgIpc) is 2.91. The smallest absolute Gasteiger partial charge is 0.185 e. The lowest BCUT2D eigenvalue weighted by atomic mass is 10.1. The van der Waals surface area contributed by atoms with Crippen LogP contribution in [0.5, 0.6) is 0 Å². The molecule has 0 fully saturated rings. The molecule has 4 rings (SSSR count). The van der Waals surface area contributed by atoms with Gasteiger partial charge in [-0.3, -0.25) is 4.57 Å². The fourth-order valence-electron chi connectivity index (χ4n) is 2.69. The van der Waals surface area contributed by atoms with E-state index in [1.807, 2.05) is 37.3 Å². The molecule has 0 saturated heterocycles. The minimum atomic E-state index is 0.490. The summed E-state index contributed by atoms with van der Waals surface area (Å²) in [5, 5.41) is 1.47. The van der Waals surface area contributed by atoms with Crippen LogP contribution >= 0.6 is 12.6 Å². The number of rotatable bonds is 1. The Morgan fingerprint density at radius 2 is 1.71 bits per heavy atom. The summed E-state index contributed by atoms with van der Waals surface area (Å²) >= 11 is 4.29. The molecule has 5 heteroatoms. The van der Waals surface area contributed by atoms with Crippen molar-refractivity contribution in [1.29, 1.82) is 0 Å². The summed E-state index contributed by atoms with van der Waals surface area (Å²) in [6.07, 6.45) is 1.80. The first kappa shape index (κ1) is 12.3. The highest BCUT2D eigenvalue weighted by molar-refractivity contribution is 7.80. The predicted molar refractivity (Wildman–Crippen MR) is 85.3 cm³/mol. The van der Waals surface area contributed by atoms with Gasteiger partial charge in [-0.15, -0.1) is 12.6 Å². The number of para-hydroxylation sites is 1. The maximum atomic E-state index is 4.55. The zero-order valence-corrected chi connectivity index (χ0v) is 12.2. The van der Waals surface area contributed by atoms with Gasteiger partial charge in [-0.2, -0.15) is 0 Å². The van der Waals surface area contributed by atoms with Gasteiger partial charge in [-0.25, -0.2) is 15.0 Å². The molecule has 4 nitrogen and oxygen atoms in total. The van der Waals surface area contributed by atoms with Crippen molar-refractivity contribution in [3.63, 3.8) is 0 Å². The number of aromatic nitrogens is 4. The number of fused-ring (bicyclic) bond motifs is 3. The minimum Gasteiger partial charge on any atom is -0.296 e. The third-order valence-electron chi connectivity index (χ3n) is 3.59. The summed E-state index contributed by atoms with van der Waals surface area (Å²) in [4.78, 5) is 13.4. The molecule has 0 bridgehead atoms. The number of pyridine rings is 2. The summed E-state index contributed by atoms with van der Waals surface area (Å²) < 4.78 is 2.11. The molecule has 0 radical (unpaired) electrons. The molecule has 21 heavy (non-hydrogen) atoms. The van der Waals surface area contributed by atoms with E-state index >= 15 is 0 Å². The molecular weight excluding hydrogens is 280 g/mol. The second-order valence-corrected chi connectivity index (χ2v) is 5.25. The standard InChI is InChI=1S/C16H12N4S/c1-10-13-14(19-16(21)18-13)12-8-5-9-17-15(12)20(10)11-6-3-2-4-7-11/h2-9H,1H3,(H,18,21). The van der Waals surface area contributed by atoms with Crippen molar-refractivity contribution in [3.8, 4) is 17.1 Å². The van der Waals surface area contributed by atoms with Crippen molar-refractivity contribution in [2.24, 2.45) is 0 Å². The maximum absolute atomic E-state index is 4.55. The first-order chi connectivity index (χ1) is 10.3. The van der Waals surface area contributed by atoms with Gasteiger partial charge in [-0.05, 0) is 31.2 Å². The first-order valence-electron chi connectivity index (χ1n) is 6.64. The van der Waals surface area contributed by atoms with Crippen molar-refractivity contribution < 1.29 is 0 Å². The molecule has 0 N–H and O–H groups in total. The van der Waals surface area contributed by atoms with Crippen LogP contribution in [0.25, 0.3) is 28.1 Å². The van der Waals surface area contributed by atoms with Gasteiger partial charge >= 0.3 is 0 Å². The van der Waals surface area contributed by atoms with Crippen molar-refractivity contribution in [1.82, 2.24) is 19.5 Å². The van der Waals surface area contributed by atoms with E-state index in [0.717, 1.165) is 33.8 Å². The van der Waals surface area contributed by atoms with Gasteiger partial charge in [0, 0.05) is 23.0 Å². The zero-order valence-electron chi connectivity index (χ0n) is 11.4. The van der Waals surface area contributed by atoms with Gasteiger partial charge in [0.2, 0.25) is 0 Å². The Bertz CT molecular complexity index is 914. The van der Waals surface area contributed by atoms with Gasteiger partial charge in [0.05, 0.1) is 0 Å². The zero-order chi connectivity index (χ0) is 14.4. The molecule has 1 aromatic heterocycles. The van der Waals surface area contributed by atoms with Crippen LogP contribution in [0, 0.1) is 6.92 Å². The summed E-state index contributed by atoms with van der Waals surface area (Å²) in [7, 11) is 0.